The number of ketones is 1. The molecule has 26 heavy (non-hydrogen) atoms. The molecule has 0 radical (unpaired) electrons. The van der Waals surface area contributed by atoms with E-state index >= 15 is 0 Å². The number of benzene rings is 1. The van der Waals surface area contributed by atoms with Crippen molar-refractivity contribution in [2.45, 2.75) is 32.0 Å². The lowest BCUT2D eigenvalue weighted by Crippen LogP contribution is -2.24. The second kappa shape index (κ2) is 7.88. The zero-order chi connectivity index (χ0) is 18.7. The average molecular weight is 371 g/mol. The van der Waals surface area contributed by atoms with E-state index in [-0.39, 0.29) is 23.7 Å². The normalized spacial score (nSPS) is 11.2. The van der Waals surface area contributed by atoms with Gasteiger partial charge in [-0.15, -0.1) is 0 Å². The van der Waals surface area contributed by atoms with E-state index in [1.165, 1.54) is 11.8 Å². The number of H-pyrrole nitrogens is 1. The first-order valence-corrected chi connectivity index (χ1v) is 9.42. The molecule has 0 saturated carbocycles. The average Bonchev–Trinajstić information content (AvgIpc) is 2.97. The topological polar surface area (TPSA) is 88.0 Å². The Bertz CT molecular complexity index is 1010. The number of aromatic amines is 1. The van der Waals surface area contributed by atoms with E-state index in [9.17, 15) is 9.59 Å². The third-order valence-electron chi connectivity index (χ3n) is 4.15. The first-order chi connectivity index (χ1) is 12.5. The van der Waals surface area contributed by atoms with Crippen LogP contribution >= 0.6 is 11.8 Å². The highest BCUT2D eigenvalue weighted by molar-refractivity contribution is 7.99. The number of rotatable bonds is 7. The molecule has 3 aromatic rings. The molecular weight excluding hydrogens is 350 g/mol. The molecule has 0 bridgehead atoms. The standard InChI is InChI=1S/C19H21N3O3S/c1-12-10-15(13(2)20-12)17(24)11-26-19-21-16-7-4-3-6-14(16)18(25)22(19)8-5-9-23/h3-4,6-7,10,20,23H,5,8-9,11H2,1-2H3. The zero-order valence-corrected chi connectivity index (χ0v) is 15.6. The van der Waals surface area contributed by atoms with Crippen molar-refractivity contribution in [1.29, 1.82) is 0 Å². The van der Waals surface area contributed by atoms with Crippen LogP contribution in [0, 0.1) is 13.8 Å². The van der Waals surface area contributed by atoms with Crippen LogP contribution < -0.4 is 5.56 Å². The van der Waals surface area contributed by atoms with Gasteiger partial charge in [0.15, 0.2) is 10.9 Å². The lowest BCUT2D eigenvalue weighted by Gasteiger charge is -2.12. The van der Waals surface area contributed by atoms with Gasteiger partial charge in [0.1, 0.15) is 0 Å². The number of para-hydroxylation sites is 1. The second-order valence-electron chi connectivity index (χ2n) is 6.15. The van der Waals surface area contributed by atoms with Gasteiger partial charge in [0.2, 0.25) is 0 Å². The Balaban J connectivity index is 1.91. The van der Waals surface area contributed by atoms with Crippen LogP contribution in [0.5, 0.6) is 0 Å². The highest BCUT2D eigenvalue weighted by Crippen LogP contribution is 2.21. The van der Waals surface area contributed by atoms with Gasteiger partial charge in [0, 0.05) is 30.1 Å². The summed E-state index contributed by atoms with van der Waals surface area (Å²) in [5.74, 6) is 0.190. The van der Waals surface area contributed by atoms with E-state index in [4.69, 9.17) is 5.11 Å². The van der Waals surface area contributed by atoms with Gasteiger partial charge in [-0.2, -0.15) is 0 Å². The second-order valence-corrected chi connectivity index (χ2v) is 7.09. The van der Waals surface area contributed by atoms with E-state index < -0.39 is 0 Å². The Kier molecular flexibility index (Phi) is 5.58. The largest absolute Gasteiger partial charge is 0.396 e. The monoisotopic (exact) mass is 371 g/mol. The molecule has 0 atom stereocenters. The number of hydrogen-bond acceptors (Lipinski definition) is 5. The van der Waals surface area contributed by atoms with Gasteiger partial charge in [-0.05, 0) is 38.5 Å². The van der Waals surface area contributed by atoms with Crippen molar-refractivity contribution < 1.29 is 9.90 Å². The molecular formula is C19H21N3O3S. The van der Waals surface area contributed by atoms with Crippen LogP contribution in [0.3, 0.4) is 0 Å². The van der Waals surface area contributed by atoms with Gasteiger partial charge in [-0.25, -0.2) is 4.98 Å². The Hall–Kier alpha value is -2.38. The highest BCUT2D eigenvalue weighted by atomic mass is 32.2. The van der Waals surface area contributed by atoms with Crippen LogP contribution in [0.1, 0.15) is 28.2 Å². The van der Waals surface area contributed by atoms with Gasteiger partial charge in [-0.3, -0.25) is 14.2 Å². The minimum Gasteiger partial charge on any atom is -0.396 e. The molecule has 0 saturated heterocycles. The van der Waals surface area contributed by atoms with Crippen molar-refractivity contribution in [2.75, 3.05) is 12.4 Å². The van der Waals surface area contributed by atoms with Gasteiger partial charge in [0.05, 0.1) is 16.7 Å². The maximum absolute atomic E-state index is 12.8. The quantitative estimate of drug-likeness (QED) is 0.379. The lowest BCUT2D eigenvalue weighted by molar-refractivity contribution is 0.102. The molecule has 0 aliphatic carbocycles. The molecule has 3 rings (SSSR count). The number of thioether (sulfide) groups is 1. The molecule has 136 valence electrons. The summed E-state index contributed by atoms with van der Waals surface area (Å²) in [7, 11) is 0. The Morgan fingerprint density at radius 1 is 1.31 bits per heavy atom. The van der Waals surface area contributed by atoms with Crippen molar-refractivity contribution in [3.05, 3.63) is 57.6 Å². The predicted molar refractivity (Wildman–Crippen MR) is 103 cm³/mol. The first-order valence-electron chi connectivity index (χ1n) is 8.44. The molecule has 2 N–H and O–H groups in total. The number of carbonyl (C=O) groups is 1. The maximum atomic E-state index is 12.8. The summed E-state index contributed by atoms with van der Waals surface area (Å²) in [6.45, 7) is 4.14. The lowest BCUT2D eigenvalue weighted by atomic mass is 10.2. The minimum atomic E-state index is -0.146. The van der Waals surface area contributed by atoms with E-state index in [2.05, 4.69) is 9.97 Å². The van der Waals surface area contributed by atoms with Crippen molar-refractivity contribution in [3.63, 3.8) is 0 Å². The molecule has 7 heteroatoms. The number of aliphatic hydroxyl groups excluding tert-OH is 1. The summed E-state index contributed by atoms with van der Waals surface area (Å²) in [5, 5.41) is 10.2. The number of carbonyl (C=O) groups excluding carboxylic acids is 1. The van der Waals surface area contributed by atoms with E-state index in [0.717, 1.165) is 11.4 Å². The van der Waals surface area contributed by atoms with Crippen LogP contribution in [0.15, 0.2) is 40.3 Å². The van der Waals surface area contributed by atoms with Crippen molar-refractivity contribution >= 4 is 28.4 Å². The van der Waals surface area contributed by atoms with Crippen molar-refractivity contribution in [3.8, 4) is 0 Å². The summed E-state index contributed by atoms with van der Waals surface area (Å²) < 4.78 is 1.55. The molecule has 0 unspecified atom stereocenters. The molecule has 2 aromatic heterocycles. The molecule has 0 spiro atoms. The number of aromatic nitrogens is 3. The third-order valence-corrected chi connectivity index (χ3v) is 5.13. The SMILES string of the molecule is Cc1cc(C(=O)CSc2nc3ccccc3c(=O)n2CCCO)c(C)[nH]1. The number of hydrogen-bond donors (Lipinski definition) is 2. The summed E-state index contributed by atoms with van der Waals surface area (Å²) in [4.78, 5) is 33.0. The first kappa shape index (κ1) is 18.4. The fourth-order valence-corrected chi connectivity index (χ4v) is 3.81. The van der Waals surface area contributed by atoms with E-state index in [1.807, 2.05) is 26.0 Å². The summed E-state index contributed by atoms with van der Waals surface area (Å²) in [6, 6.07) is 9.00. The van der Waals surface area contributed by atoms with Crippen molar-refractivity contribution in [2.24, 2.45) is 0 Å². The summed E-state index contributed by atoms with van der Waals surface area (Å²) >= 11 is 1.25. The predicted octanol–water partition coefficient (Wildman–Crippen LogP) is 2.70. The number of Topliss-reactive ketones (excluding diaryl/α,β-unsaturated/α-hetero) is 1. The molecule has 6 nitrogen and oxygen atoms in total. The minimum absolute atomic E-state index is 0.00651. The molecule has 0 fully saturated rings. The van der Waals surface area contributed by atoms with Gasteiger partial charge >= 0.3 is 0 Å². The van der Waals surface area contributed by atoms with Crippen molar-refractivity contribution in [1.82, 2.24) is 14.5 Å². The smallest absolute Gasteiger partial charge is 0.262 e. The third kappa shape index (κ3) is 3.73. The Morgan fingerprint density at radius 3 is 2.77 bits per heavy atom. The molecule has 1 aromatic carbocycles. The maximum Gasteiger partial charge on any atom is 0.262 e. The fourth-order valence-electron chi connectivity index (χ4n) is 2.91. The number of fused-ring (bicyclic) bond motifs is 1. The van der Waals surface area contributed by atoms with E-state index in [1.54, 1.807) is 22.8 Å². The summed E-state index contributed by atoms with van der Waals surface area (Å²) in [5.41, 5.74) is 2.92. The van der Waals surface area contributed by atoms with Gasteiger partial charge < -0.3 is 10.1 Å². The van der Waals surface area contributed by atoms with Crippen LogP contribution in [0.4, 0.5) is 0 Å². The molecule has 0 amide bonds. The number of aryl methyl sites for hydroxylation is 2. The van der Waals surface area contributed by atoms with Crippen LogP contribution in [-0.2, 0) is 6.54 Å². The number of nitrogens with zero attached hydrogens (tertiary/aromatic N) is 2. The van der Waals surface area contributed by atoms with Gasteiger partial charge in [-0.1, -0.05) is 23.9 Å². The summed E-state index contributed by atoms with van der Waals surface area (Å²) in [6.07, 6.45) is 0.456. The highest BCUT2D eigenvalue weighted by Gasteiger charge is 2.16. The molecule has 0 aliphatic rings. The van der Waals surface area contributed by atoms with Crippen LogP contribution in [-0.4, -0.2) is 37.8 Å². The molecule has 0 aliphatic heterocycles. The fraction of sp³-hybridized carbons (Fsp3) is 0.316. The Morgan fingerprint density at radius 2 is 2.08 bits per heavy atom. The molecule has 2 heterocycles. The Labute approximate surface area is 155 Å². The van der Waals surface area contributed by atoms with Crippen LogP contribution in [0.2, 0.25) is 0 Å². The van der Waals surface area contributed by atoms with Gasteiger partial charge in [0.25, 0.3) is 5.56 Å². The van der Waals surface area contributed by atoms with E-state index in [0.29, 0.717) is 34.6 Å². The number of aliphatic hydroxyl groups is 1. The van der Waals surface area contributed by atoms with Crippen LogP contribution in [0.25, 0.3) is 10.9 Å². The zero-order valence-electron chi connectivity index (χ0n) is 14.8. The number of nitrogens with one attached hydrogen (secondary N) is 1.